The maximum Gasteiger partial charge on any atom is 0.115 e. The van der Waals surface area contributed by atoms with Gasteiger partial charge in [-0.25, -0.2) is 4.98 Å². The lowest BCUT2D eigenvalue weighted by atomic mass is 9.87. The predicted octanol–water partition coefficient (Wildman–Crippen LogP) is 3.99. The van der Waals surface area contributed by atoms with Gasteiger partial charge in [-0.1, -0.05) is 44.1 Å². The molecule has 0 aliphatic heterocycles. The molecule has 2 unspecified atom stereocenters. The first-order valence-electron chi connectivity index (χ1n) is 6.55. The van der Waals surface area contributed by atoms with Crippen LogP contribution in [0.25, 0.3) is 0 Å². The van der Waals surface area contributed by atoms with E-state index in [1.165, 1.54) is 12.8 Å². The van der Waals surface area contributed by atoms with Crippen LogP contribution >= 0.6 is 23.4 Å². The van der Waals surface area contributed by atoms with Crippen molar-refractivity contribution in [3.63, 3.8) is 0 Å². The van der Waals surface area contributed by atoms with Crippen LogP contribution in [-0.4, -0.2) is 22.8 Å². The average molecular weight is 285 g/mol. The zero-order valence-corrected chi connectivity index (χ0v) is 12.8. The number of nitrogens with zero attached hydrogens (tertiary/aromatic N) is 1. The van der Waals surface area contributed by atoms with Crippen molar-refractivity contribution in [2.75, 3.05) is 6.54 Å². The van der Waals surface area contributed by atoms with Crippen molar-refractivity contribution in [2.45, 2.75) is 49.9 Å². The molecular formula is C14H21ClN2S. The second-order valence-electron chi connectivity index (χ2n) is 5.51. The molecule has 0 radical (unpaired) electrons. The van der Waals surface area contributed by atoms with Gasteiger partial charge in [0.2, 0.25) is 0 Å². The predicted molar refractivity (Wildman–Crippen MR) is 79.4 cm³/mol. The van der Waals surface area contributed by atoms with Gasteiger partial charge >= 0.3 is 0 Å². The van der Waals surface area contributed by atoms with E-state index in [4.69, 9.17) is 11.6 Å². The average Bonchev–Trinajstić information content (AvgIpc) is 2.60. The summed E-state index contributed by atoms with van der Waals surface area (Å²) in [6.45, 7) is 7.88. The minimum atomic E-state index is 0.356. The fourth-order valence-electron chi connectivity index (χ4n) is 2.70. The summed E-state index contributed by atoms with van der Waals surface area (Å²) in [5.74, 6) is 0. The topological polar surface area (TPSA) is 24.9 Å². The molecule has 0 spiro atoms. The minimum absolute atomic E-state index is 0.356. The van der Waals surface area contributed by atoms with E-state index in [1.54, 1.807) is 0 Å². The summed E-state index contributed by atoms with van der Waals surface area (Å²) in [7, 11) is 0. The number of halogens is 1. The quantitative estimate of drug-likeness (QED) is 0.905. The Morgan fingerprint density at radius 2 is 2.33 bits per heavy atom. The molecule has 2 rings (SSSR count). The first-order chi connectivity index (χ1) is 8.54. The van der Waals surface area contributed by atoms with Crippen LogP contribution < -0.4 is 5.32 Å². The van der Waals surface area contributed by atoms with Crippen molar-refractivity contribution in [1.29, 1.82) is 0 Å². The van der Waals surface area contributed by atoms with Gasteiger partial charge in [-0.15, -0.1) is 0 Å². The maximum atomic E-state index is 6.19. The Hall–Kier alpha value is -0.250. The number of hydrogen-bond acceptors (Lipinski definition) is 3. The third-order valence-corrected chi connectivity index (χ3v) is 5.47. The van der Waals surface area contributed by atoms with E-state index in [0.717, 1.165) is 16.6 Å². The van der Waals surface area contributed by atoms with Crippen molar-refractivity contribution in [3.05, 3.63) is 23.4 Å². The Balaban J connectivity index is 2.12. The molecule has 1 aliphatic carbocycles. The van der Waals surface area contributed by atoms with Crippen LogP contribution in [0.4, 0.5) is 0 Å². The Kier molecular flexibility index (Phi) is 4.57. The van der Waals surface area contributed by atoms with Gasteiger partial charge in [0.05, 0.1) is 5.02 Å². The number of rotatable bonds is 4. The third kappa shape index (κ3) is 3.01. The molecule has 4 heteroatoms. The Bertz CT molecular complexity index is 409. The van der Waals surface area contributed by atoms with Crippen LogP contribution in [0.2, 0.25) is 5.02 Å². The van der Waals surface area contributed by atoms with Crippen LogP contribution in [0.3, 0.4) is 0 Å². The van der Waals surface area contributed by atoms with Gasteiger partial charge in [-0.2, -0.15) is 0 Å². The molecule has 2 atom stereocenters. The number of nitrogens with one attached hydrogen (secondary N) is 1. The van der Waals surface area contributed by atoms with Crippen LogP contribution in [0.1, 0.15) is 33.6 Å². The molecule has 1 aliphatic rings. The van der Waals surface area contributed by atoms with Gasteiger partial charge in [-0.05, 0) is 36.9 Å². The van der Waals surface area contributed by atoms with Crippen LogP contribution in [0, 0.1) is 5.41 Å². The van der Waals surface area contributed by atoms with Gasteiger partial charge in [0.15, 0.2) is 0 Å². The zero-order chi connectivity index (χ0) is 13.2. The first kappa shape index (κ1) is 14.2. The van der Waals surface area contributed by atoms with Gasteiger partial charge in [0.25, 0.3) is 0 Å². The lowest BCUT2D eigenvalue weighted by molar-refractivity contribution is 0.290. The number of pyridine rings is 1. The van der Waals surface area contributed by atoms with E-state index >= 15 is 0 Å². The fraction of sp³-hybridized carbons (Fsp3) is 0.643. The van der Waals surface area contributed by atoms with E-state index in [9.17, 15) is 0 Å². The molecule has 18 heavy (non-hydrogen) atoms. The van der Waals surface area contributed by atoms with Gasteiger partial charge in [0, 0.05) is 17.5 Å². The van der Waals surface area contributed by atoms with Crippen molar-refractivity contribution in [3.8, 4) is 0 Å². The smallest absolute Gasteiger partial charge is 0.115 e. The number of thioether (sulfide) groups is 1. The molecule has 100 valence electrons. The highest BCUT2D eigenvalue weighted by Crippen LogP contribution is 2.45. The molecule has 1 aromatic rings. The summed E-state index contributed by atoms with van der Waals surface area (Å²) in [4.78, 5) is 4.39. The standard InChI is InChI=1S/C14H21ClN2S/c1-4-16-12-11(7-8-14(12,2)3)18-13-10(15)6-5-9-17-13/h5-6,9,11-12,16H,4,7-8H2,1-3H3. The normalized spacial score (nSPS) is 26.4. The first-order valence-corrected chi connectivity index (χ1v) is 7.81. The van der Waals surface area contributed by atoms with E-state index in [1.807, 2.05) is 30.1 Å². The van der Waals surface area contributed by atoms with E-state index in [2.05, 4.69) is 31.1 Å². The van der Waals surface area contributed by atoms with Crippen LogP contribution in [0.5, 0.6) is 0 Å². The van der Waals surface area contributed by atoms with E-state index in [0.29, 0.717) is 16.7 Å². The molecule has 0 amide bonds. The van der Waals surface area contributed by atoms with Crippen molar-refractivity contribution >= 4 is 23.4 Å². The van der Waals surface area contributed by atoms with Gasteiger partial charge < -0.3 is 5.32 Å². The molecule has 2 nitrogen and oxygen atoms in total. The highest BCUT2D eigenvalue weighted by molar-refractivity contribution is 8.00. The van der Waals surface area contributed by atoms with Crippen molar-refractivity contribution in [1.82, 2.24) is 10.3 Å². The summed E-state index contributed by atoms with van der Waals surface area (Å²) in [6, 6.07) is 4.33. The third-order valence-electron chi connectivity index (χ3n) is 3.70. The summed E-state index contributed by atoms with van der Waals surface area (Å²) < 4.78 is 0. The second-order valence-corrected chi connectivity index (χ2v) is 7.14. The van der Waals surface area contributed by atoms with Crippen LogP contribution in [0.15, 0.2) is 23.4 Å². The van der Waals surface area contributed by atoms with Crippen LogP contribution in [-0.2, 0) is 0 Å². The monoisotopic (exact) mass is 284 g/mol. The molecule has 0 aromatic carbocycles. The molecular weight excluding hydrogens is 264 g/mol. The fourth-order valence-corrected chi connectivity index (χ4v) is 4.38. The molecule has 0 bridgehead atoms. The number of hydrogen-bond donors (Lipinski definition) is 1. The Labute approximate surface area is 119 Å². The van der Waals surface area contributed by atoms with Gasteiger partial charge in [-0.3, -0.25) is 0 Å². The summed E-state index contributed by atoms with van der Waals surface area (Å²) in [5, 5.41) is 5.92. The molecule has 1 heterocycles. The Morgan fingerprint density at radius 3 is 3.00 bits per heavy atom. The largest absolute Gasteiger partial charge is 0.313 e. The zero-order valence-electron chi connectivity index (χ0n) is 11.2. The lowest BCUT2D eigenvalue weighted by Crippen LogP contribution is -2.43. The second kappa shape index (κ2) is 5.81. The summed E-state index contributed by atoms with van der Waals surface area (Å²) in [5.41, 5.74) is 0.356. The van der Waals surface area contributed by atoms with E-state index < -0.39 is 0 Å². The van der Waals surface area contributed by atoms with Crippen molar-refractivity contribution in [2.24, 2.45) is 5.41 Å². The molecule has 1 aromatic heterocycles. The lowest BCUT2D eigenvalue weighted by Gasteiger charge is -2.31. The summed E-state index contributed by atoms with van der Waals surface area (Å²) >= 11 is 8.02. The molecule has 1 saturated carbocycles. The SMILES string of the molecule is CCNC1C(Sc2ncccc2Cl)CCC1(C)C. The van der Waals surface area contributed by atoms with Gasteiger partial charge in [0.1, 0.15) is 5.03 Å². The molecule has 1 fully saturated rings. The highest BCUT2D eigenvalue weighted by atomic mass is 35.5. The minimum Gasteiger partial charge on any atom is -0.313 e. The Morgan fingerprint density at radius 1 is 1.56 bits per heavy atom. The summed E-state index contributed by atoms with van der Waals surface area (Å²) in [6.07, 6.45) is 4.30. The van der Waals surface area contributed by atoms with E-state index in [-0.39, 0.29) is 0 Å². The van der Waals surface area contributed by atoms with Crippen molar-refractivity contribution < 1.29 is 0 Å². The highest BCUT2D eigenvalue weighted by Gasteiger charge is 2.42. The molecule has 0 saturated heterocycles. The molecule has 1 N–H and O–H groups in total. The maximum absolute atomic E-state index is 6.19. The number of aromatic nitrogens is 1.